The van der Waals surface area contributed by atoms with Crippen LogP contribution in [0.2, 0.25) is 0 Å². The van der Waals surface area contributed by atoms with Crippen LogP contribution < -0.4 is 0 Å². The summed E-state index contributed by atoms with van der Waals surface area (Å²) in [6.45, 7) is 7.40. The normalized spacial score (nSPS) is 7.64. The third kappa shape index (κ3) is 40.2. The van der Waals surface area contributed by atoms with E-state index in [1.165, 1.54) is 19.3 Å². The molecule has 72 valence electrons. The van der Waals surface area contributed by atoms with Gasteiger partial charge in [0, 0.05) is 13.7 Å². The van der Waals surface area contributed by atoms with Crippen LogP contribution >= 0.6 is 0 Å². The van der Waals surface area contributed by atoms with Crippen LogP contribution in [0.5, 0.6) is 0 Å². The van der Waals surface area contributed by atoms with Crippen molar-refractivity contribution < 1.29 is 4.74 Å². The molecule has 0 N–H and O–H groups in total. The molecule has 1 nitrogen and oxygen atoms in total. The van der Waals surface area contributed by atoms with Crippen molar-refractivity contribution in [3.8, 4) is 0 Å². The fourth-order valence-electron chi connectivity index (χ4n) is 0.558. The van der Waals surface area contributed by atoms with E-state index in [1.54, 1.807) is 7.11 Å². The lowest BCUT2D eigenvalue weighted by molar-refractivity contribution is 0.199. The van der Waals surface area contributed by atoms with Gasteiger partial charge in [-0.2, -0.15) is 0 Å². The molecular formula is C10H26O. The van der Waals surface area contributed by atoms with Crippen molar-refractivity contribution in [2.45, 2.75) is 53.9 Å². The van der Waals surface area contributed by atoms with Gasteiger partial charge in [0.15, 0.2) is 0 Å². The zero-order valence-electron chi connectivity index (χ0n) is 7.94. The number of rotatable bonds is 4. The molecule has 0 aliphatic carbocycles. The molecule has 0 rings (SSSR count). The summed E-state index contributed by atoms with van der Waals surface area (Å²) < 4.78 is 4.69. The second-order valence-electron chi connectivity index (χ2n) is 2.35. The molecule has 0 heterocycles. The third-order valence-corrected chi connectivity index (χ3v) is 1.12. The van der Waals surface area contributed by atoms with Crippen molar-refractivity contribution >= 4 is 0 Å². The highest BCUT2D eigenvalue weighted by molar-refractivity contribution is 4.24. The Bertz CT molecular complexity index is 25.9. The van der Waals surface area contributed by atoms with E-state index in [0.29, 0.717) is 0 Å². The van der Waals surface area contributed by atoms with Crippen molar-refractivity contribution in [2.24, 2.45) is 0 Å². The van der Waals surface area contributed by atoms with Crippen molar-refractivity contribution in [2.75, 3.05) is 13.7 Å². The monoisotopic (exact) mass is 162 g/mol. The highest BCUT2D eigenvalue weighted by Crippen LogP contribution is 1.88. The highest BCUT2D eigenvalue weighted by atomic mass is 16.5. The lowest BCUT2D eigenvalue weighted by Gasteiger charge is -1.84. The standard InChI is InChI=1S/C5H12.C4H10O.CH4/c1-3-5-4-2;1-3-4-5-2;/h3-5H2,1-2H3;3-4H2,1-2H3;1H4. The number of hydrogen-bond donors (Lipinski definition) is 0. The molecule has 0 spiro atoms. The second kappa shape index (κ2) is 22.5. The molecule has 0 radical (unpaired) electrons. The van der Waals surface area contributed by atoms with Gasteiger partial charge < -0.3 is 4.74 Å². The molecule has 0 amide bonds. The number of methoxy groups -OCH3 is 1. The SMILES string of the molecule is C.CCCCC.CCCOC. The van der Waals surface area contributed by atoms with E-state index < -0.39 is 0 Å². The zero-order valence-corrected chi connectivity index (χ0v) is 7.94. The van der Waals surface area contributed by atoms with E-state index in [-0.39, 0.29) is 7.43 Å². The molecule has 0 atom stereocenters. The first-order valence-electron chi connectivity index (χ1n) is 4.32. The Labute approximate surface area is 73.1 Å². The average molecular weight is 162 g/mol. The van der Waals surface area contributed by atoms with E-state index in [2.05, 4.69) is 20.8 Å². The van der Waals surface area contributed by atoms with Gasteiger partial charge in [-0.15, -0.1) is 0 Å². The van der Waals surface area contributed by atoms with E-state index in [1.807, 2.05) is 0 Å². The van der Waals surface area contributed by atoms with E-state index >= 15 is 0 Å². The summed E-state index contributed by atoms with van der Waals surface area (Å²) in [6.07, 6.45) is 5.20. The lowest BCUT2D eigenvalue weighted by Crippen LogP contribution is -1.80. The van der Waals surface area contributed by atoms with Gasteiger partial charge in [0.1, 0.15) is 0 Å². The summed E-state index contributed by atoms with van der Waals surface area (Å²) in [6, 6.07) is 0. The summed E-state index contributed by atoms with van der Waals surface area (Å²) in [5, 5.41) is 0. The first kappa shape index (κ1) is 17.2. The molecular weight excluding hydrogens is 136 g/mol. The minimum absolute atomic E-state index is 0. The summed E-state index contributed by atoms with van der Waals surface area (Å²) in [7, 11) is 1.71. The summed E-state index contributed by atoms with van der Waals surface area (Å²) in [5.41, 5.74) is 0. The third-order valence-electron chi connectivity index (χ3n) is 1.12. The minimum Gasteiger partial charge on any atom is -0.385 e. The Kier molecular flexibility index (Phi) is 35.1. The number of ether oxygens (including phenoxy) is 1. The van der Waals surface area contributed by atoms with Crippen molar-refractivity contribution in [1.82, 2.24) is 0 Å². The van der Waals surface area contributed by atoms with Crippen LogP contribution in [-0.4, -0.2) is 13.7 Å². The van der Waals surface area contributed by atoms with Crippen LogP contribution in [0.1, 0.15) is 53.9 Å². The first-order chi connectivity index (χ1) is 4.83. The topological polar surface area (TPSA) is 9.23 Å². The molecule has 0 saturated carbocycles. The second-order valence-corrected chi connectivity index (χ2v) is 2.35. The van der Waals surface area contributed by atoms with Crippen LogP contribution in [0.4, 0.5) is 0 Å². The van der Waals surface area contributed by atoms with Crippen LogP contribution in [0.15, 0.2) is 0 Å². The molecule has 0 fully saturated rings. The van der Waals surface area contributed by atoms with E-state index in [4.69, 9.17) is 4.74 Å². The van der Waals surface area contributed by atoms with Crippen molar-refractivity contribution in [1.29, 1.82) is 0 Å². The Morgan fingerprint density at radius 1 is 0.909 bits per heavy atom. The largest absolute Gasteiger partial charge is 0.385 e. The molecule has 0 aromatic rings. The predicted octanol–water partition coefficient (Wildman–Crippen LogP) is 3.88. The van der Waals surface area contributed by atoms with Crippen molar-refractivity contribution in [3.63, 3.8) is 0 Å². The van der Waals surface area contributed by atoms with Crippen LogP contribution in [0, 0.1) is 0 Å². The average Bonchev–Trinajstić information content (AvgIpc) is 1.93. The molecule has 0 aromatic carbocycles. The van der Waals surface area contributed by atoms with Gasteiger partial charge >= 0.3 is 0 Å². The Morgan fingerprint density at radius 3 is 1.36 bits per heavy atom. The summed E-state index contributed by atoms with van der Waals surface area (Å²) in [4.78, 5) is 0. The van der Waals surface area contributed by atoms with Crippen LogP contribution in [-0.2, 0) is 4.74 Å². The maximum atomic E-state index is 4.69. The molecule has 0 aliphatic heterocycles. The van der Waals surface area contributed by atoms with Gasteiger partial charge in [0.05, 0.1) is 0 Å². The Hall–Kier alpha value is -0.0400. The molecule has 0 unspecified atom stereocenters. The Balaban J connectivity index is -0.000000107. The fourth-order valence-corrected chi connectivity index (χ4v) is 0.558. The van der Waals surface area contributed by atoms with E-state index in [0.717, 1.165) is 13.0 Å². The van der Waals surface area contributed by atoms with E-state index in [9.17, 15) is 0 Å². The smallest absolute Gasteiger partial charge is 0.0459 e. The molecule has 0 bridgehead atoms. The lowest BCUT2D eigenvalue weighted by atomic mass is 10.3. The molecule has 0 aromatic heterocycles. The molecule has 0 saturated heterocycles. The number of hydrogen-bond acceptors (Lipinski definition) is 1. The van der Waals surface area contributed by atoms with Gasteiger partial charge in [-0.3, -0.25) is 0 Å². The van der Waals surface area contributed by atoms with Gasteiger partial charge in [-0.25, -0.2) is 0 Å². The summed E-state index contributed by atoms with van der Waals surface area (Å²) >= 11 is 0. The van der Waals surface area contributed by atoms with Gasteiger partial charge in [0.2, 0.25) is 0 Å². The maximum absolute atomic E-state index is 4.69. The molecule has 1 heteroatoms. The number of unbranched alkanes of at least 4 members (excludes halogenated alkanes) is 2. The quantitative estimate of drug-likeness (QED) is 0.609. The molecule has 0 aliphatic rings. The van der Waals surface area contributed by atoms with Gasteiger partial charge in [-0.1, -0.05) is 47.5 Å². The first-order valence-corrected chi connectivity index (χ1v) is 4.32. The van der Waals surface area contributed by atoms with Gasteiger partial charge in [0.25, 0.3) is 0 Å². The predicted molar refractivity (Wildman–Crippen MR) is 54.1 cm³/mol. The maximum Gasteiger partial charge on any atom is 0.0459 e. The zero-order chi connectivity index (χ0) is 8.24. The van der Waals surface area contributed by atoms with Crippen LogP contribution in [0.3, 0.4) is 0 Å². The highest BCUT2D eigenvalue weighted by Gasteiger charge is 1.68. The summed E-state index contributed by atoms with van der Waals surface area (Å²) in [5.74, 6) is 0. The van der Waals surface area contributed by atoms with Crippen molar-refractivity contribution in [3.05, 3.63) is 0 Å². The minimum atomic E-state index is 0. The fraction of sp³-hybridized carbons (Fsp3) is 1.00. The van der Waals surface area contributed by atoms with Crippen LogP contribution in [0.25, 0.3) is 0 Å². The Morgan fingerprint density at radius 2 is 1.36 bits per heavy atom. The van der Waals surface area contributed by atoms with Gasteiger partial charge in [-0.05, 0) is 6.42 Å². The molecule has 11 heavy (non-hydrogen) atoms.